The Morgan fingerprint density at radius 1 is 1.14 bits per heavy atom. The van der Waals surface area contributed by atoms with Crippen molar-refractivity contribution in [3.8, 4) is 0 Å². The number of hydrogen-bond acceptors (Lipinski definition) is 1. The fraction of sp³-hybridized carbons (Fsp3) is 0.538. The molecule has 0 unspecified atom stereocenters. The fourth-order valence-corrected chi connectivity index (χ4v) is 2.29. The van der Waals surface area contributed by atoms with Gasteiger partial charge in [-0.3, -0.25) is 0 Å². The van der Waals surface area contributed by atoms with Gasteiger partial charge >= 0.3 is 0 Å². The van der Waals surface area contributed by atoms with Crippen molar-refractivity contribution < 1.29 is 0 Å². The Morgan fingerprint density at radius 3 is 2.43 bits per heavy atom. The molecule has 1 aromatic rings. The molecule has 0 amide bonds. The average molecular weight is 188 g/mol. The quantitative estimate of drug-likeness (QED) is 0.688. The van der Waals surface area contributed by atoms with Gasteiger partial charge in [0.15, 0.2) is 0 Å². The summed E-state index contributed by atoms with van der Waals surface area (Å²) in [5, 5.41) is 0. The van der Waals surface area contributed by atoms with E-state index in [1.165, 1.54) is 37.8 Å². The highest BCUT2D eigenvalue weighted by molar-refractivity contribution is 5.45. The van der Waals surface area contributed by atoms with Gasteiger partial charge in [-0.05, 0) is 31.0 Å². The van der Waals surface area contributed by atoms with E-state index in [4.69, 9.17) is 0 Å². The van der Waals surface area contributed by atoms with Crippen LogP contribution in [0.3, 0.4) is 0 Å². The maximum absolute atomic E-state index is 3.06. The molecule has 1 aromatic carbocycles. The molecule has 0 atom stereocenters. The van der Waals surface area contributed by atoms with Crippen molar-refractivity contribution in [3.05, 3.63) is 30.3 Å². The number of benzene rings is 1. The molecule has 14 heavy (non-hydrogen) atoms. The zero-order valence-electron chi connectivity index (χ0n) is 8.87. The Labute approximate surface area is 86.7 Å². The molecule has 0 saturated heterocycles. The first-order valence-electron chi connectivity index (χ1n) is 5.57. The van der Waals surface area contributed by atoms with E-state index in [9.17, 15) is 0 Å². The van der Waals surface area contributed by atoms with Gasteiger partial charge in [-0.2, -0.15) is 0 Å². The van der Waals surface area contributed by atoms with Gasteiger partial charge in [-0.15, -0.1) is 0 Å². The summed E-state index contributed by atoms with van der Waals surface area (Å²) in [6, 6.07) is 12.1. The van der Waals surface area contributed by atoms with Gasteiger partial charge in [-0.1, -0.05) is 31.4 Å². The predicted octanol–water partition coefficient (Wildman–Crippen LogP) is 3.26. The molecule has 75 valence electrons. The summed E-state index contributed by atoms with van der Waals surface area (Å²) >= 11 is 0. The topological polar surface area (TPSA) is 3.24 Å². The van der Waals surface area contributed by atoms with Crippen LogP contribution < -0.4 is 4.90 Å². The van der Waals surface area contributed by atoms with Crippen molar-refractivity contribution in [2.24, 2.45) is 0 Å². The van der Waals surface area contributed by atoms with Gasteiger partial charge in [0.1, 0.15) is 0 Å². The SMILES string of the molecule is CN(c1cc[c]cc1)C1CCCCC1. The zero-order valence-corrected chi connectivity index (χ0v) is 8.87. The first kappa shape index (κ1) is 9.57. The average Bonchev–Trinajstić information content (AvgIpc) is 2.30. The summed E-state index contributed by atoms with van der Waals surface area (Å²) in [5.41, 5.74) is 1.33. The minimum atomic E-state index is 0.756. The van der Waals surface area contributed by atoms with Crippen LogP contribution in [0.2, 0.25) is 0 Å². The van der Waals surface area contributed by atoms with Gasteiger partial charge in [0.2, 0.25) is 0 Å². The molecule has 0 spiro atoms. The maximum Gasteiger partial charge on any atom is 0.0366 e. The standard InChI is InChI=1S/C13H18N/c1-14(12-8-4-2-5-9-12)13-10-6-3-7-11-13/h6-7,10-12H,2,4-5,8-9H2,1H3. The highest BCUT2D eigenvalue weighted by atomic mass is 15.1. The second-order valence-electron chi connectivity index (χ2n) is 4.16. The van der Waals surface area contributed by atoms with E-state index in [1.54, 1.807) is 0 Å². The van der Waals surface area contributed by atoms with Crippen LogP contribution in [0.15, 0.2) is 24.3 Å². The lowest BCUT2D eigenvalue weighted by atomic mass is 9.94. The van der Waals surface area contributed by atoms with E-state index >= 15 is 0 Å². The molecule has 1 nitrogen and oxygen atoms in total. The highest BCUT2D eigenvalue weighted by Crippen LogP contribution is 2.25. The molecular weight excluding hydrogens is 170 g/mol. The normalized spacial score (nSPS) is 18.1. The van der Waals surface area contributed by atoms with E-state index in [2.05, 4.69) is 30.1 Å². The van der Waals surface area contributed by atoms with Gasteiger partial charge in [0.25, 0.3) is 0 Å². The largest absolute Gasteiger partial charge is 0.372 e. The summed E-state index contributed by atoms with van der Waals surface area (Å²) in [6.07, 6.45) is 6.93. The summed E-state index contributed by atoms with van der Waals surface area (Å²) in [4.78, 5) is 2.42. The number of anilines is 1. The number of rotatable bonds is 2. The van der Waals surface area contributed by atoms with Gasteiger partial charge in [-0.25, -0.2) is 0 Å². The second-order valence-corrected chi connectivity index (χ2v) is 4.16. The molecule has 2 rings (SSSR count). The molecule has 0 N–H and O–H groups in total. The third-order valence-corrected chi connectivity index (χ3v) is 3.23. The maximum atomic E-state index is 3.06. The van der Waals surface area contributed by atoms with Crippen LogP contribution in [0, 0.1) is 6.07 Å². The lowest BCUT2D eigenvalue weighted by Gasteiger charge is -2.32. The third kappa shape index (κ3) is 2.09. The van der Waals surface area contributed by atoms with E-state index in [0.29, 0.717) is 0 Å². The van der Waals surface area contributed by atoms with E-state index < -0.39 is 0 Å². The van der Waals surface area contributed by atoms with E-state index in [-0.39, 0.29) is 0 Å². The first-order chi connectivity index (χ1) is 6.88. The van der Waals surface area contributed by atoms with Crippen molar-refractivity contribution in [2.75, 3.05) is 11.9 Å². The van der Waals surface area contributed by atoms with Crippen LogP contribution in [0.25, 0.3) is 0 Å². The predicted molar refractivity (Wildman–Crippen MR) is 60.6 cm³/mol. The monoisotopic (exact) mass is 188 g/mol. The molecule has 1 aliphatic rings. The number of nitrogens with zero attached hydrogens (tertiary/aromatic N) is 1. The Morgan fingerprint density at radius 2 is 1.79 bits per heavy atom. The van der Waals surface area contributed by atoms with Crippen LogP contribution in [-0.4, -0.2) is 13.1 Å². The van der Waals surface area contributed by atoms with Crippen LogP contribution >= 0.6 is 0 Å². The van der Waals surface area contributed by atoms with E-state index in [0.717, 1.165) is 6.04 Å². The number of hydrogen-bond donors (Lipinski definition) is 0. The van der Waals surface area contributed by atoms with Crippen molar-refractivity contribution in [2.45, 2.75) is 38.1 Å². The molecule has 0 heterocycles. The third-order valence-electron chi connectivity index (χ3n) is 3.23. The highest BCUT2D eigenvalue weighted by Gasteiger charge is 2.17. The fourth-order valence-electron chi connectivity index (χ4n) is 2.29. The molecular formula is C13H18N. The van der Waals surface area contributed by atoms with Crippen LogP contribution in [-0.2, 0) is 0 Å². The van der Waals surface area contributed by atoms with Gasteiger partial charge in [0.05, 0.1) is 0 Å². The molecule has 1 radical (unpaired) electrons. The Kier molecular flexibility index (Phi) is 3.07. The molecule has 0 bridgehead atoms. The summed E-state index contributed by atoms with van der Waals surface area (Å²) in [6.45, 7) is 0. The molecule has 1 aliphatic carbocycles. The van der Waals surface area contributed by atoms with Crippen molar-refractivity contribution >= 4 is 5.69 Å². The first-order valence-corrected chi connectivity index (χ1v) is 5.57. The Bertz CT molecular complexity index is 262. The molecule has 0 aliphatic heterocycles. The Hall–Kier alpha value is -0.980. The van der Waals surface area contributed by atoms with Crippen molar-refractivity contribution in [1.82, 2.24) is 0 Å². The minimum absolute atomic E-state index is 0.756. The molecule has 0 aromatic heterocycles. The smallest absolute Gasteiger partial charge is 0.0366 e. The summed E-state index contributed by atoms with van der Waals surface area (Å²) < 4.78 is 0. The molecule has 1 heteroatoms. The molecule has 1 fully saturated rings. The van der Waals surface area contributed by atoms with Crippen molar-refractivity contribution in [1.29, 1.82) is 0 Å². The Balaban J connectivity index is 2.03. The van der Waals surface area contributed by atoms with Crippen LogP contribution in [0.4, 0.5) is 5.69 Å². The molecule has 1 saturated carbocycles. The van der Waals surface area contributed by atoms with E-state index in [1.807, 2.05) is 12.1 Å². The zero-order chi connectivity index (χ0) is 9.80. The van der Waals surface area contributed by atoms with Crippen LogP contribution in [0.1, 0.15) is 32.1 Å². The lowest BCUT2D eigenvalue weighted by molar-refractivity contribution is 0.427. The van der Waals surface area contributed by atoms with Gasteiger partial charge in [0, 0.05) is 18.8 Å². The summed E-state index contributed by atoms with van der Waals surface area (Å²) in [5.74, 6) is 0. The van der Waals surface area contributed by atoms with Crippen molar-refractivity contribution in [3.63, 3.8) is 0 Å². The second kappa shape index (κ2) is 4.50. The summed E-state index contributed by atoms with van der Waals surface area (Å²) in [7, 11) is 2.21. The van der Waals surface area contributed by atoms with Gasteiger partial charge < -0.3 is 4.90 Å². The van der Waals surface area contributed by atoms with Crippen LogP contribution in [0.5, 0.6) is 0 Å². The lowest BCUT2D eigenvalue weighted by Crippen LogP contribution is -2.33. The minimum Gasteiger partial charge on any atom is -0.372 e.